The smallest absolute Gasteiger partial charge is 0.143 e. The Bertz CT molecular complexity index is 623. The summed E-state index contributed by atoms with van der Waals surface area (Å²) in [6.07, 6.45) is 1.90. The van der Waals surface area contributed by atoms with Crippen LogP contribution in [0.15, 0.2) is 62.9 Å². The van der Waals surface area contributed by atoms with Gasteiger partial charge in [0.1, 0.15) is 5.75 Å². The second-order valence-corrected chi connectivity index (χ2v) is 7.13. The third kappa shape index (κ3) is 4.53. The Kier molecular flexibility index (Phi) is 6.21. The van der Waals surface area contributed by atoms with Crippen LogP contribution in [0.4, 0.5) is 5.69 Å². The summed E-state index contributed by atoms with van der Waals surface area (Å²) in [5.74, 6) is 1.11. The zero-order valence-electron chi connectivity index (χ0n) is 11.3. The molecular formula is C16H15Br2NOS. The molecule has 0 bridgehead atoms. The highest BCUT2D eigenvalue weighted by atomic mass is 79.9. The van der Waals surface area contributed by atoms with Gasteiger partial charge < -0.3 is 10.4 Å². The molecule has 0 unspecified atom stereocenters. The topological polar surface area (TPSA) is 32.3 Å². The second-order valence-electron chi connectivity index (χ2n) is 4.36. The molecule has 0 aliphatic rings. The molecule has 0 saturated carbocycles. The molecule has 0 aliphatic heterocycles. The van der Waals surface area contributed by atoms with Crippen LogP contribution >= 0.6 is 43.6 Å². The minimum Gasteiger partial charge on any atom is -0.506 e. The number of para-hydroxylation sites is 1. The molecule has 0 heterocycles. The zero-order chi connectivity index (χ0) is 15.2. The van der Waals surface area contributed by atoms with Crippen LogP contribution < -0.4 is 5.32 Å². The van der Waals surface area contributed by atoms with E-state index in [-0.39, 0.29) is 5.75 Å². The SMILES string of the molecule is C=CCSc1ccccc1NCc1cc(Br)c(O)c(Br)c1. The molecule has 21 heavy (non-hydrogen) atoms. The molecule has 0 radical (unpaired) electrons. The van der Waals surface area contributed by atoms with E-state index in [0.717, 1.165) is 17.0 Å². The summed E-state index contributed by atoms with van der Waals surface area (Å²) in [6, 6.07) is 12.0. The van der Waals surface area contributed by atoms with E-state index in [4.69, 9.17) is 0 Å². The van der Waals surface area contributed by atoms with E-state index >= 15 is 0 Å². The summed E-state index contributed by atoms with van der Waals surface area (Å²) in [5.41, 5.74) is 2.18. The van der Waals surface area contributed by atoms with Crippen molar-refractivity contribution >= 4 is 49.3 Å². The maximum atomic E-state index is 9.73. The summed E-state index contributed by atoms with van der Waals surface area (Å²) in [4.78, 5) is 1.20. The number of hydrogen-bond donors (Lipinski definition) is 2. The molecule has 0 fully saturated rings. The fourth-order valence-corrected chi connectivity index (χ4v) is 3.85. The lowest BCUT2D eigenvalue weighted by atomic mass is 10.2. The van der Waals surface area contributed by atoms with Crippen LogP contribution in [0.2, 0.25) is 0 Å². The molecule has 0 amide bonds. The Morgan fingerprint density at radius 3 is 2.52 bits per heavy atom. The Morgan fingerprint density at radius 1 is 1.19 bits per heavy atom. The van der Waals surface area contributed by atoms with E-state index in [9.17, 15) is 5.11 Å². The van der Waals surface area contributed by atoms with Gasteiger partial charge in [0.2, 0.25) is 0 Å². The van der Waals surface area contributed by atoms with E-state index in [1.165, 1.54) is 4.90 Å². The van der Waals surface area contributed by atoms with Crippen LogP contribution in [0.1, 0.15) is 5.56 Å². The first-order chi connectivity index (χ1) is 10.1. The molecule has 0 saturated heterocycles. The molecule has 0 aromatic heterocycles. The normalized spacial score (nSPS) is 10.4. The highest BCUT2D eigenvalue weighted by Crippen LogP contribution is 2.34. The summed E-state index contributed by atoms with van der Waals surface area (Å²) in [5, 5.41) is 13.2. The predicted octanol–water partition coefficient (Wildman–Crippen LogP) is 5.81. The summed E-state index contributed by atoms with van der Waals surface area (Å²) < 4.78 is 1.37. The van der Waals surface area contributed by atoms with Gasteiger partial charge in [-0.3, -0.25) is 0 Å². The number of rotatable bonds is 6. The van der Waals surface area contributed by atoms with Crippen LogP contribution in [0.5, 0.6) is 5.75 Å². The van der Waals surface area contributed by atoms with Gasteiger partial charge in [0.15, 0.2) is 0 Å². The Hall–Kier alpha value is -0.910. The highest BCUT2D eigenvalue weighted by Gasteiger charge is 2.07. The highest BCUT2D eigenvalue weighted by molar-refractivity contribution is 9.11. The van der Waals surface area contributed by atoms with Crippen LogP contribution in [0.25, 0.3) is 0 Å². The number of anilines is 1. The van der Waals surface area contributed by atoms with Gasteiger partial charge in [-0.1, -0.05) is 18.2 Å². The van der Waals surface area contributed by atoms with Gasteiger partial charge in [-0.2, -0.15) is 0 Å². The van der Waals surface area contributed by atoms with Crippen molar-refractivity contribution in [1.29, 1.82) is 0 Å². The van der Waals surface area contributed by atoms with Gasteiger partial charge in [0.05, 0.1) is 8.95 Å². The number of halogens is 2. The zero-order valence-corrected chi connectivity index (χ0v) is 15.3. The quantitative estimate of drug-likeness (QED) is 0.449. The second kappa shape index (κ2) is 7.92. The van der Waals surface area contributed by atoms with Crippen molar-refractivity contribution in [3.63, 3.8) is 0 Å². The Morgan fingerprint density at radius 2 is 1.86 bits per heavy atom. The predicted molar refractivity (Wildman–Crippen MR) is 98.2 cm³/mol. The standard InChI is InChI=1S/C16H15Br2NOS/c1-2-7-21-15-6-4-3-5-14(15)19-10-11-8-12(17)16(20)13(18)9-11/h2-6,8-9,19-20H,1,7,10H2. The molecule has 0 spiro atoms. The summed E-state index contributed by atoms with van der Waals surface area (Å²) >= 11 is 8.45. The first-order valence-corrected chi connectivity index (χ1v) is 8.92. The van der Waals surface area contributed by atoms with Crippen molar-refractivity contribution in [2.45, 2.75) is 11.4 Å². The number of hydrogen-bond acceptors (Lipinski definition) is 3. The summed E-state index contributed by atoms with van der Waals surface area (Å²) in [7, 11) is 0. The van der Waals surface area contributed by atoms with Gasteiger partial charge in [0, 0.05) is 22.9 Å². The van der Waals surface area contributed by atoms with Gasteiger partial charge in [-0.25, -0.2) is 0 Å². The van der Waals surface area contributed by atoms with Crippen LogP contribution in [-0.2, 0) is 6.54 Å². The number of phenolic OH excluding ortho intramolecular Hbond substituents is 1. The molecule has 2 aromatic carbocycles. The van der Waals surface area contributed by atoms with Crippen LogP contribution in [0.3, 0.4) is 0 Å². The molecule has 2 aromatic rings. The maximum absolute atomic E-state index is 9.73. The van der Waals surface area contributed by atoms with Gasteiger partial charge in [0.25, 0.3) is 0 Å². The fraction of sp³-hybridized carbons (Fsp3) is 0.125. The maximum Gasteiger partial charge on any atom is 0.143 e. The lowest BCUT2D eigenvalue weighted by Gasteiger charge is -2.12. The molecule has 5 heteroatoms. The Balaban J connectivity index is 2.11. The molecule has 110 valence electrons. The van der Waals surface area contributed by atoms with E-state index in [1.54, 1.807) is 11.8 Å². The molecule has 2 N–H and O–H groups in total. The van der Waals surface area contributed by atoms with Crippen LogP contribution in [0, 0.1) is 0 Å². The van der Waals surface area contributed by atoms with Gasteiger partial charge in [-0.15, -0.1) is 18.3 Å². The van der Waals surface area contributed by atoms with Gasteiger partial charge >= 0.3 is 0 Å². The monoisotopic (exact) mass is 427 g/mol. The number of aromatic hydroxyl groups is 1. The van der Waals surface area contributed by atoms with E-state index in [1.807, 2.05) is 30.3 Å². The minimum atomic E-state index is 0.223. The van der Waals surface area contributed by atoms with E-state index in [0.29, 0.717) is 15.5 Å². The largest absolute Gasteiger partial charge is 0.506 e. The number of nitrogens with one attached hydrogen (secondary N) is 1. The van der Waals surface area contributed by atoms with E-state index < -0.39 is 0 Å². The van der Waals surface area contributed by atoms with Crippen molar-refractivity contribution in [2.75, 3.05) is 11.1 Å². The first-order valence-electron chi connectivity index (χ1n) is 6.35. The van der Waals surface area contributed by atoms with Crippen LogP contribution in [-0.4, -0.2) is 10.9 Å². The van der Waals surface area contributed by atoms with Crippen molar-refractivity contribution in [1.82, 2.24) is 0 Å². The molecule has 2 nitrogen and oxygen atoms in total. The summed E-state index contributed by atoms with van der Waals surface area (Å²) in [6.45, 7) is 4.43. The lowest BCUT2D eigenvalue weighted by Crippen LogP contribution is -2.01. The number of phenols is 1. The van der Waals surface area contributed by atoms with Crippen molar-refractivity contribution < 1.29 is 5.11 Å². The third-order valence-corrected chi connectivity index (χ3v) is 5.08. The third-order valence-electron chi connectivity index (χ3n) is 2.80. The average Bonchev–Trinajstić information content (AvgIpc) is 2.49. The Labute approximate surface area is 145 Å². The molecular weight excluding hydrogens is 414 g/mol. The van der Waals surface area contributed by atoms with Gasteiger partial charge in [-0.05, 0) is 61.7 Å². The van der Waals surface area contributed by atoms with Crippen molar-refractivity contribution in [3.05, 3.63) is 63.6 Å². The molecule has 2 rings (SSSR count). The number of thioether (sulfide) groups is 1. The number of benzene rings is 2. The van der Waals surface area contributed by atoms with Crippen molar-refractivity contribution in [3.8, 4) is 5.75 Å². The molecule has 0 aliphatic carbocycles. The van der Waals surface area contributed by atoms with E-state index in [2.05, 4.69) is 55.9 Å². The fourth-order valence-electron chi connectivity index (χ4n) is 1.80. The van der Waals surface area contributed by atoms with Crippen molar-refractivity contribution in [2.24, 2.45) is 0 Å². The lowest BCUT2D eigenvalue weighted by molar-refractivity contribution is 0.468. The first kappa shape index (κ1) is 16.5. The molecule has 0 atom stereocenters. The minimum absolute atomic E-state index is 0.223. The average molecular weight is 429 g/mol.